The number of nitrogens with two attached hydrogens (primary N) is 1. The van der Waals surface area contributed by atoms with E-state index < -0.39 is 0 Å². The molecule has 0 spiro atoms. The van der Waals surface area contributed by atoms with Crippen molar-refractivity contribution in [1.82, 2.24) is 25.7 Å². The molecule has 0 radical (unpaired) electrons. The molecular weight excluding hydrogens is 444 g/mol. The first-order valence-corrected chi connectivity index (χ1v) is 13.5. The number of pyridine rings is 1. The highest BCUT2D eigenvalue weighted by atomic mass is 15.3. The van der Waals surface area contributed by atoms with Gasteiger partial charge in [0, 0.05) is 5.54 Å². The Hall–Kier alpha value is -3.25. The third kappa shape index (κ3) is 4.50. The van der Waals surface area contributed by atoms with E-state index in [0.717, 1.165) is 36.9 Å². The van der Waals surface area contributed by atoms with Crippen LogP contribution in [0.2, 0.25) is 0 Å². The molecule has 3 aliphatic rings. The van der Waals surface area contributed by atoms with E-state index in [2.05, 4.69) is 86.4 Å². The predicted molar refractivity (Wildman–Crippen MR) is 145 cm³/mol. The van der Waals surface area contributed by atoms with Gasteiger partial charge in [0.25, 0.3) is 0 Å². The van der Waals surface area contributed by atoms with E-state index in [1.54, 1.807) is 5.56 Å². The van der Waals surface area contributed by atoms with Gasteiger partial charge in [-0.2, -0.15) is 10.3 Å². The molecule has 3 fully saturated rings. The molecule has 7 rings (SSSR count). The molecule has 1 unspecified atom stereocenters. The molecule has 2 heterocycles. The number of benzene rings is 2. The van der Waals surface area contributed by atoms with Gasteiger partial charge in [-0.25, -0.2) is 4.98 Å². The number of nitrogens with zero attached hydrogens (tertiary/aromatic N) is 3. The van der Waals surface area contributed by atoms with Crippen LogP contribution in [0.15, 0.2) is 66.7 Å². The number of anilines is 1. The van der Waals surface area contributed by atoms with Gasteiger partial charge >= 0.3 is 0 Å². The van der Waals surface area contributed by atoms with Crippen molar-refractivity contribution in [1.29, 1.82) is 0 Å². The van der Waals surface area contributed by atoms with Gasteiger partial charge in [0.2, 0.25) is 5.65 Å². The number of hydrogen-bond donors (Lipinski definition) is 3. The predicted octanol–water partition coefficient (Wildman–Crippen LogP) is 5.68. The second-order valence-electron chi connectivity index (χ2n) is 11.0. The molecule has 0 saturated heterocycles. The average Bonchev–Trinajstić information content (AvgIpc) is 3.41. The Kier molecular flexibility index (Phi) is 6.22. The molecule has 3 aliphatic carbocycles. The van der Waals surface area contributed by atoms with Gasteiger partial charge in [-0.05, 0) is 98.4 Å². The van der Waals surface area contributed by atoms with E-state index in [-0.39, 0.29) is 0 Å². The normalized spacial score (nSPS) is 24.2. The Balaban J connectivity index is 1.15. The van der Waals surface area contributed by atoms with Gasteiger partial charge < -0.3 is 11.1 Å². The third-order valence-corrected chi connectivity index (χ3v) is 9.03. The molecule has 4 N–H and O–H groups in total. The minimum atomic E-state index is 0.293. The van der Waals surface area contributed by atoms with Gasteiger partial charge in [-0.1, -0.05) is 60.7 Å². The number of rotatable bonds is 9. The maximum Gasteiger partial charge on any atom is 0.203 e. The molecule has 6 heteroatoms. The number of nitrogen functional groups attached to an aromatic ring is 1. The van der Waals surface area contributed by atoms with E-state index in [1.807, 2.05) is 6.07 Å². The lowest BCUT2D eigenvalue weighted by Crippen LogP contribution is -2.56. The van der Waals surface area contributed by atoms with Crippen molar-refractivity contribution in [2.45, 2.75) is 74.7 Å². The van der Waals surface area contributed by atoms with Gasteiger partial charge in [0.1, 0.15) is 11.3 Å². The zero-order valence-corrected chi connectivity index (χ0v) is 20.9. The van der Waals surface area contributed by atoms with Crippen LogP contribution in [0.3, 0.4) is 0 Å². The van der Waals surface area contributed by atoms with Crippen molar-refractivity contribution in [2.75, 3.05) is 12.3 Å². The Morgan fingerprint density at radius 1 is 0.861 bits per heavy atom. The molecule has 4 aromatic rings. The lowest BCUT2D eigenvalue weighted by molar-refractivity contribution is 0.0767. The smallest absolute Gasteiger partial charge is 0.203 e. The fourth-order valence-electron chi connectivity index (χ4n) is 6.82. The first-order valence-electron chi connectivity index (χ1n) is 13.5. The maximum absolute atomic E-state index is 6.17. The summed E-state index contributed by atoms with van der Waals surface area (Å²) in [7, 11) is 0. The summed E-state index contributed by atoms with van der Waals surface area (Å²) in [6.45, 7) is 0.999. The minimum absolute atomic E-state index is 0.293. The van der Waals surface area contributed by atoms with Gasteiger partial charge in [-0.3, -0.25) is 0 Å². The zero-order chi connectivity index (χ0) is 24.4. The Morgan fingerprint density at radius 3 is 2.28 bits per heavy atom. The molecule has 1 atom stereocenters. The molecule has 36 heavy (non-hydrogen) atoms. The monoisotopic (exact) mass is 480 g/mol. The van der Waals surface area contributed by atoms with E-state index in [9.17, 15) is 0 Å². The largest absolute Gasteiger partial charge is 0.384 e. The first-order chi connectivity index (χ1) is 17.6. The number of aryl methyl sites for hydroxylation is 1. The number of H-pyrrole nitrogens is 1. The lowest BCUT2D eigenvalue weighted by atomic mass is 9.55. The highest BCUT2D eigenvalue weighted by Gasteiger charge is 2.48. The quantitative estimate of drug-likeness (QED) is 0.287. The second kappa shape index (κ2) is 9.66. The summed E-state index contributed by atoms with van der Waals surface area (Å²) in [5.41, 5.74) is 12.4. The summed E-state index contributed by atoms with van der Waals surface area (Å²) in [6, 6.07) is 24.0. The lowest BCUT2D eigenvalue weighted by Gasteiger charge is -2.54. The number of aromatic amines is 1. The Labute approximate surface area is 213 Å². The Bertz CT molecular complexity index is 1270. The highest BCUT2D eigenvalue weighted by molar-refractivity contribution is 5.76. The van der Waals surface area contributed by atoms with Crippen LogP contribution >= 0.6 is 0 Å². The molecule has 3 saturated carbocycles. The van der Waals surface area contributed by atoms with Gasteiger partial charge in [0.05, 0.1) is 0 Å². The zero-order valence-electron chi connectivity index (χ0n) is 20.9. The number of nitrogens with one attached hydrogen (secondary N) is 2. The molecule has 0 amide bonds. The van der Waals surface area contributed by atoms with Crippen LogP contribution in [0.25, 0.3) is 11.2 Å². The van der Waals surface area contributed by atoms with E-state index in [1.165, 1.54) is 44.1 Å². The average molecular weight is 481 g/mol. The summed E-state index contributed by atoms with van der Waals surface area (Å²) >= 11 is 0. The molecule has 2 bridgehead atoms. The standard InChI is InChI=1S/C30H36N6/c31-26-21-25(27-28(33-26)35-36-34-27)23(12-11-22-7-3-1-4-8-22)13-20-32-30-17-14-29(15-18-30,16-19-30)24-9-5-2-6-10-24/h1-10,21,23,32H,11-20H2,(H3,31,33,34,35,36). The molecule has 0 aliphatic heterocycles. The van der Waals surface area contributed by atoms with E-state index >= 15 is 0 Å². The van der Waals surface area contributed by atoms with Crippen molar-refractivity contribution in [3.8, 4) is 0 Å². The molecular formula is C30H36N6. The van der Waals surface area contributed by atoms with Gasteiger partial charge in [-0.15, -0.1) is 5.10 Å². The maximum atomic E-state index is 6.17. The fraction of sp³-hybridized carbons (Fsp3) is 0.433. The fourth-order valence-corrected chi connectivity index (χ4v) is 6.82. The summed E-state index contributed by atoms with van der Waals surface area (Å²) in [5.74, 6) is 0.849. The molecule has 186 valence electrons. The summed E-state index contributed by atoms with van der Waals surface area (Å²) < 4.78 is 0. The van der Waals surface area contributed by atoms with Crippen LogP contribution < -0.4 is 11.1 Å². The van der Waals surface area contributed by atoms with Crippen molar-refractivity contribution in [2.24, 2.45) is 0 Å². The second-order valence-corrected chi connectivity index (χ2v) is 11.0. The van der Waals surface area contributed by atoms with Crippen LogP contribution in [0, 0.1) is 0 Å². The van der Waals surface area contributed by atoms with E-state index in [4.69, 9.17) is 5.73 Å². The van der Waals surface area contributed by atoms with Crippen LogP contribution in [-0.4, -0.2) is 32.5 Å². The topological polar surface area (TPSA) is 92.5 Å². The van der Waals surface area contributed by atoms with Crippen LogP contribution in [0.5, 0.6) is 0 Å². The van der Waals surface area contributed by atoms with Crippen molar-refractivity contribution in [3.63, 3.8) is 0 Å². The minimum Gasteiger partial charge on any atom is -0.384 e. The van der Waals surface area contributed by atoms with Crippen molar-refractivity contribution < 1.29 is 0 Å². The molecule has 6 nitrogen and oxygen atoms in total. The summed E-state index contributed by atoms with van der Waals surface area (Å²) in [6.07, 6.45) is 10.8. The van der Waals surface area contributed by atoms with Crippen LogP contribution in [-0.2, 0) is 11.8 Å². The first kappa shape index (κ1) is 23.2. The number of aromatic nitrogens is 4. The van der Waals surface area contributed by atoms with Crippen LogP contribution in [0.4, 0.5) is 5.82 Å². The SMILES string of the molecule is Nc1cc(C(CCNC23CCC(c4ccccc4)(CC2)CC3)CCc2ccccc2)c2n[nH]nc2n1. The van der Waals surface area contributed by atoms with Gasteiger partial charge in [0.15, 0.2) is 0 Å². The highest BCUT2D eigenvalue weighted by Crippen LogP contribution is 2.53. The third-order valence-electron chi connectivity index (χ3n) is 9.03. The van der Waals surface area contributed by atoms with Crippen molar-refractivity contribution in [3.05, 3.63) is 83.4 Å². The summed E-state index contributed by atoms with van der Waals surface area (Å²) in [5, 5.41) is 15.4. The Morgan fingerprint density at radius 2 is 1.56 bits per heavy atom. The van der Waals surface area contributed by atoms with Crippen LogP contribution in [0.1, 0.15) is 74.0 Å². The summed E-state index contributed by atoms with van der Waals surface area (Å²) in [4.78, 5) is 4.37. The number of fused-ring (bicyclic) bond motifs is 4. The molecule has 2 aromatic carbocycles. The number of hydrogen-bond acceptors (Lipinski definition) is 5. The molecule has 2 aromatic heterocycles. The van der Waals surface area contributed by atoms with E-state index in [0.29, 0.717) is 28.3 Å². The van der Waals surface area contributed by atoms with Crippen molar-refractivity contribution >= 4 is 17.0 Å².